The van der Waals surface area contributed by atoms with E-state index in [1.807, 2.05) is 0 Å². The molecule has 0 aliphatic carbocycles. The van der Waals surface area contributed by atoms with Gasteiger partial charge in [0.1, 0.15) is 0 Å². The molecule has 0 atom stereocenters. The van der Waals surface area contributed by atoms with Crippen LogP contribution in [0.5, 0.6) is 0 Å². The second kappa shape index (κ2) is 65.6. The van der Waals surface area contributed by atoms with Crippen LogP contribution in [0.25, 0.3) is 0 Å². The Labute approximate surface area is 152 Å². The van der Waals surface area contributed by atoms with E-state index in [9.17, 15) is 0 Å². The SMILES string of the molecule is [Ba+2].[Nd+3].[O-2].[O-2].[O-2].[O]=[Pb].[Ti+4]. The van der Waals surface area contributed by atoms with Crippen molar-refractivity contribution in [3.63, 3.8) is 0 Å². The number of hydrogen-bond donors (Lipinski definition) is 0. The fourth-order valence-corrected chi connectivity index (χ4v) is 0. The van der Waals surface area contributed by atoms with Gasteiger partial charge in [-0.25, -0.2) is 0 Å². The van der Waals surface area contributed by atoms with Gasteiger partial charge in [-0.05, 0) is 0 Å². The van der Waals surface area contributed by atoms with Gasteiger partial charge in [0, 0.05) is 0 Å². The Morgan fingerprint density at radius 3 is 0.875 bits per heavy atom. The molecule has 4 nitrogen and oxygen atoms in total. The van der Waals surface area contributed by atoms with Gasteiger partial charge < -0.3 is 16.4 Å². The molecule has 0 aromatic carbocycles. The minimum atomic E-state index is 0. The molecule has 0 fully saturated rings. The van der Waals surface area contributed by atoms with Gasteiger partial charge >= 0.3 is 140 Å². The standard InChI is InChI=1S/Ba.Nd.4O.Pb.Ti/q+2;+3;;3*-2;;+4. The van der Waals surface area contributed by atoms with Crippen LogP contribution in [-0.2, 0) is 40.8 Å². The van der Waals surface area contributed by atoms with E-state index >= 15 is 0 Å². The van der Waals surface area contributed by atoms with Crippen LogP contribution in [0.1, 0.15) is 0 Å². The molecule has 0 rings (SSSR count). The molecule has 8 heavy (non-hydrogen) atoms. The third kappa shape index (κ3) is 48.6. The van der Waals surface area contributed by atoms with Crippen molar-refractivity contribution in [2.75, 3.05) is 0 Å². The van der Waals surface area contributed by atoms with Crippen LogP contribution in [0.15, 0.2) is 0 Å². The van der Waals surface area contributed by atoms with Gasteiger partial charge in [-0.1, -0.05) is 0 Å². The van der Waals surface area contributed by atoms with E-state index in [2.05, 4.69) is 0 Å². The summed E-state index contributed by atoms with van der Waals surface area (Å²) in [6.45, 7) is 0. The maximum Gasteiger partial charge on any atom is 4.00 e. The maximum absolute atomic E-state index is 8.39. The van der Waals surface area contributed by atoms with E-state index in [-0.39, 0.29) is 154 Å². The molecule has 8 heteroatoms. The van der Waals surface area contributed by atoms with Gasteiger partial charge in [0.2, 0.25) is 0 Å². The molecule has 0 N–H and O–H groups in total. The summed E-state index contributed by atoms with van der Waals surface area (Å²) in [7, 11) is 0. The Kier molecular flexibility index (Phi) is 462. The minimum absolute atomic E-state index is 0. The van der Waals surface area contributed by atoms with E-state index in [0.717, 1.165) is 0 Å². The van der Waals surface area contributed by atoms with Crippen LogP contribution in [-0.4, -0.2) is 74.7 Å². The van der Waals surface area contributed by atoms with Crippen molar-refractivity contribution in [3.05, 3.63) is 0 Å². The smallest absolute Gasteiger partial charge is 4.00 e. The van der Waals surface area contributed by atoms with E-state index in [1.54, 1.807) is 0 Å². The molecule has 35 valence electrons. The van der Waals surface area contributed by atoms with Crippen LogP contribution < -0.4 is 0 Å². The largest absolute Gasteiger partial charge is 4.00 e. The molecule has 0 bridgehead atoms. The molecule has 0 aliphatic rings. The number of rotatable bonds is 0. The molecular weight excluding hydrogens is 601 g/mol. The predicted molar refractivity (Wildman–Crippen MR) is 14.3 cm³/mol. The van der Waals surface area contributed by atoms with Crippen molar-refractivity contribution in [1.29, 1.82) is 0 Å². The first-order valence-electron chi connectivity index (χ1n) is 0.204. The zero-order valence-corrected chi connectivity index (χ0v) is 16.9. The Morgan fingerprint density at radius 1 is 0.875 bits per heavy atom. The molecule has 0 saturated carbocycles. The monoisotopic (exact) mass is 600 g/mol. The zero-order valence-electron chi connectivity index (χ0n) is 3.84. The Morgan fingerprint density at radius 2 is 0.875 bits per heavy atom. The maximum atomic E-state index is 8.39. The first-order chi connectivity index (χ1) is 1.00. The predicted octanol–water partition coefficient (Wildman–Crippen LogP) is -1.24. The Hall–Kier alpha value is 4.24. The average molecular weight is 601 g/mol. The third-order valence-corrected chi connectivity index (χ3v) is 0. The van der Waals surface area contributed by atoms with Gasteiger partial charge in [-0.3, -0.25) is 0 Å². The summed E-state index contributed by atoms with van der Waals surface area (Å²) >= 11 is 0.0556. The van der Waals surface area contributed by atoms with Gasteiger partial charge in [-0.15, -0.1) is 0 Å². The quantitative estimate of drug-likeness (QED) is 0.319. The molecule has 0 aromatic rings. The summed E-state index contributed by atoms with van der Waals surface area (Å²) in [4.78, 5) is 0. The van der Waals surface area contributed by atoms with E-state index in [4.69, 9.17) is 2.69 Å². The number of hydrogen-bond acceptors (Lipinski definition) is 1. The van der Waals surface area contributed by atoms with Gasteiger partial charge in [-0.2, -0.15) is 0 Å². The van der Waals surface area contributed by atoms with Crippen LogP contribution in [0, 0.1) is 40.8 Å². The molecule has 0 saturated heterocycles. The molecule has 3 radical (unpaired) electrons. The fraction of sp³-hybridized carbons (Fsp3) is 0. The third-order valence-electron chi connectivity index (χ3n) is 0. The van der Waals surface area contributed by atoms with E-state index in [1.165, 1.54) is 0 Å². The second-order valence-electron chi connectivity index (χ2n) is 0. The molecule has 0 aliphatic heterocycles. The first kappa shape index (κ1) is 56.3. The summed E-state index contributed by atoms with van der Waals surface area (Å²) in [5.41, 5.74) is 0. The second-order valence-corrected chi connectivity index (χ2v) is 0. The summed E-state index contributed by atoms with van der Waals surface area (Å²) in [6, 6.07) is 0. The van der Waals surface area contributed by atoms with Crippen LogP contribution in [0.2, 0.25) is 0 Å². The topological polar surface area (TPSA) is 103 Å². The molecule has 0 unspecified atom stereocenters. The molecular formula is BaNdO4PbTi+3. The van der Waals surface area contributed by atoms with Crippen LogP contribution >= 0.6 is 0 Å². The Balaban J connectivity index is -0.000000000333. The summed E-state index contributed by atoms with van der Waals surface area (Å²) < 4.78 is 8.39. The molecule has 0 aromatic heterocycles. The van der Waals surface area contributed by atoms with Gasteiger partial charge in [0.05, 0.1) is 0 Å². The summed E-state index contributed by atoms with van der Waals surface area (Å²) in [5, 5.41) is 0. The van der Waals surface area contributed by atoms with E-state index in [0.29, 0.717) is 0 Å². The van der Waals surface area contributed by atoms with Gasteiger partial charge in [0.25, 0.3) is 0 Å². The molecule has 0 amide bonds. The zero-order chi connectivity index (χ0) is 2.00. The van der Waals surface area contributed by atoms with Crippen LogP contribution in [0.4, 0.5) is 0 Å². The van der Waals surface area contributed by atoms with Gasteiger partial charge in [0.15, 0.2) is 0 Å². The van der Waals surface area contributed by atoms with E-state index < -0.39 is 0 Å². The molecule has 0 heterocycles. The Bertz CT molecular complexity index is 16.0. The van der Waals surface area contributed by atoms with Crippen molar-refractivity contribution >= 4 is 74.7 Å². The fourth-order valence-electron chi connectivity index (χ4n) is 0. The average Bonchev–Trinajstić information content (AvgIpc) is 1.00. The van der Waals surface area contributed by atoms with Crippen molar-refractivity contribution in [2.45, 2.75) is 0 Å². The summed E-state index contributed by atoms with van der Waals surface area (Å²) in [6.07, 6.45) is 0. The van der Waals surface area contributed by atoms with Crippen molar-refractivity contribution < 1.29 is 81.7 Å². The molecule has 0 spiro atoms. The van der Waals surface area contributed by atoms with Crippen molar-refractivity contribution in [3.8, 4) is 0 Å². The minimum Gasteiger partial charge on any atom is 4.00 e. The first-order valence-corrected chi connectivity index (χ1v) is 1.79. The van der Waals surface area contributed by atoms with Crippen molar-refractivity contribution in [2.24, 2.45) is 0 Å². The van der Waals surface area contributed by atoms with Crippen molar-refractivity contribution in [1.82, 2.24) is 0 Å². The summed E-state index contributed by atoms with van der Waals surface area (Å²) in [5.74, 6) is 0. The van der Waals surface area contributed by atoms with Crippen LogP contribution in [0.3, 0.4) is 0 Å². The normalized spacial score (nSPS) is 0.500.